The number of rotatable bonds is 1. The van der Waals surface area contributed by atoms with Crippen LogP contribution >= 0.6 is 0 Å². The van der Waals surface area contributed by atoms with Crippen molar-refractivity contribution in [1.29, 1.82) is 0 Å². The lowest BCUT2D eigenvalue weighted by Gasteiger charge is -2.28. The lowest BCUT2D eigenvalue weighted by molar-refractivity contribution is -0.256. The van der Waals surface area contributed by atoms with Crippen molar-refractivity contribution in [3.63, 3.8) is 0 Å². The summed E-state index contributed by atoms with van der Waals surface area (Å²) in [6.07, 6.45) is -10.4. The molecule has 0 spiro atoms. The Bertz CT molecular complexity index is 1530. The van der Waals surface area contributed by atoms with Crippen molar-refractivity contribution in [1.82, 2.24) is 15.2 Å². The second-order valence-corrected chi connectivity index (χ2v) is 10.3. The lowest BCUT2D eigenvalue weighted by Crippen LogP contribution is -2.44. The Morgan fingerprint density at radius 1 is 1.04 bits per heavy atom. The van der Waals surface area contributed by atoms with Gasteiger partial charge in [0.1, 0.15) is 23.1 Å². The number of carbonyl (C=O) groups excluding carboxylic acids is 1. The molecule has 46 heavy (non-hydrogen) atoms. The van der Waals surface area contributed by atoms with Crippen LogP contribution in [0.25, 0.3) is 17.7 Å². The number of aromatic nitrogens is 3. The average molecular weight is 665 g/mol. The number of anilines is 1. The molecule has 2 atom stereocenters. The van der Waals surface area contributed by atoms with Gasteiger partial charge in [-0.2, -0.15) is 26.3 Å². The molecule has 1 unspecified atom stereocenters. The second kappa shape index (κ2) is 14.5. The van der Waals surface area contributed by atoms with Gasteiger partial charge in [0, 0.05) is 12.0 Å². The van der Waals surface area contributed by atoms with Gasteiger partial charge in [0.05, 0.1) is 5.69 Å². The van der Waals surface area contributed by atoms with Crippen molar-refractivity contribution >= 4 is 17.9 Å². The van der Waals surface area contributed by atoms with E-state index in [4.69, 9.17) is 13.9 Å². The number of fused-ring (bicyclic) bond motifs is 7. The highest BCUT2D eigenvalue weighted by molar-refractivity contribution is 5.89. The van der Waals surface area contributed by atoms with Crippen molar-refractivity contribution < 1.29 is 54.5 Å². The van der Waals surface area contributed by atoms with Gasteiger partial charge >= 0.3 is 18.4 Å². The van der Waals surface area contributed by atoms with Crippen molar-refractivity contribution in [3.05, 3.63) is 58.7 Å². The molecule has 1 aromatic carbocycles. The first-order valence-corrected chi connectivity index (χ1v) is 14.2. The summed E-state index contributed by atoms with van der Waals surface area (Å²) >= 11 is 0. The molecule has 0 saturated carbocycles. The molecule has 1 aliphatic rings. The minimum absolute atomic E-state index is 0.00870. The first-order chi connectivity index (χ1) is 21.3. The van der Waals surface area contributed by atoms with Gasteiger partial charge in [-0.15, -0.1) is 10.2 Å². The summed E-state index contributed by atoms with van der Waals surface area (Å²) in [7, 11) is 0. The van der Waals surface area contributed by atoms with Crippen LogP contribution in [0.3, 0.4) is 0 Å². The van der Waals surface area contributed by atoms with Crippen molar-refractivity contribution in [2.24, 2.45) is 0 Å². The number of carbonyl (C=O) groups is 1. The third kappa shape index (κ3) is 8.53. The SMILES string of the molecule is CC.CC.C[C@@H]1C/C=C\c2ccc(F)c(c2)C(O)(C(F)(F)F)c2nnc(o2)-c2nc(c(C(F)(F)F)cc2NC(=O)OC(C)(C)C)O1. The maximum atomic E-state index is 14.8. The van der Waals surface area contributed by atoms with Gasteiger partial charge < -0.3 is 19.0 Å². The monoisotopic (exact) mass is 664 g/mol. The molecule has 0 radical (unpaired) electrons. The third-order valence-electron chi connectivity index (χ3n) is 5.75. The van der Waals surface area contributed by atoms with Crippen molar-refractivity contribution in [2.45, 2.75) is 91.5 Å². The van der Waals surface area contributed by atoms with E-state index in [0.717, 1.165) is 6.07 Å². The molecule has 9 nitrogen and oxygen atoms in total. The summed E-state index contributed by atoms with van der Waals surface area (Å²) in [4.78, 5) is 16.2. The number of aliphatic hydroxyl groups is 1. The van der Waals surface area contributed by atoms with E-state index in [1.165, 1.54) is 39.8 Å². The summed E-state index contributed by atoms with van der Waals surface area (Å²) < 4.78 is 116. The zero-order valence-electron chi connectivity index (χ0n) is 26.3. The molecule has 1 amide bonds. The molecule has 4 rings (SSSR count). The standard InChI is InChI=1S/C26H23F7N4O5.2C2H6/c1-12-6-5-7-13-8-9-16(27)14(10-13)24(39,26(31,32)33)21-37-36-20(41-21)18-17(34-22(38)42-23(2,3)4)11-15(25(28,29)30)19(35-18)40-12;2*1-2/h5,7-12,39H,6H2,1-4H3,(H,34,38);2*1-2H3/b7-5-;;/t12-,24?;;/m1../s1. The molecule has 6 bridgehead atoms. The van der Waals surface area contributed by atoms with Gasteiger partial charge in [0.2, 0.25) is 5.88 Å². The van der Waals surface area contributed by atoms with Crippen LogP contribution in [-0.2, 0) is 16.5 Å². The van der Waals surface area contributed by atoms with Crippen LogP contribution in [0.2, 0.25) is 0 Å². The number of nitrogens with one attached hydrogen (secondary N) is 1. The van der Waals surface area contributed by atoms with E-state index in [1.807, 2.05) is 33.0 Å². The highest BCUT2D eigenvalue weighted by Gasteiger charge is 2.61. The fourth-order valence-corrected chi connectivity index (χ4v) is 3.87. The normalized spacial score (nSPS) is 18.7. The number of amides is 1. The quantitative estimate of drug-likeness (QED) is 0.248. The van der Waals surface area contributed by atoms with Crippen LogP contribution in [0.5, 0.6) is 5.88 Å². The molecule has 1 aliphatic heterocycles. The van der Waals surface area contributed by atoms with Gasteiger partial charge in [-0.3, -0.25) is 5.32 Å². The number of hydrogen-bond acceptors (Lipinski definition) is 8. The van der Waals surface area contributed by atoms with Gasteiger partial charge in [-0.05, 0) is 51.5 Å². The van der Waals surface area contributed by atoms with E-state index in [2.05, 4.69) is 15.2 Å². The number of hydrogen-bond donors (Lipinski definition) is 2. The Balaban J connectivity index is 0.00000177. The summed E-state index contributed by atoms with van der Waals surface area (Å²) in [6.45, 7) is 13.8. The van der Waals surface area contributed by atoms with Crippen molar-refractivity contribution in [2.75, 3.05) is 5.32 Å². The first kappa shape index (κ1) is 38.0. The summed E-state index contributed by atoms with van der Waals surface area (Å²) in [5.41, 5.74) is -9.50. The van der Waals surface area contributed by atoms with E-state index >= 15 is 0 Å². The highest BCUT2D eigenvalue weighted by Crippen LogP contribution is 2.46. The fraction of sp³-hybridized carbons (Fsp3) is 0.467. The van der Waals surface area contributed by atoms with Gasteiger partial charge in [0.15, 0.2) is 5.69 Å². The van der Waals surface area contributed by atoms with Crippen LogP contribution in [0.15, 0.2) is 34.8 Å². The van der Waals surface area contributed by atoms with E-state index in [1.54, 1.807) is 0 Å². The predicted octanol–water partition coefficient (Wildman–Crippen LogP) is 8.67. The molecule has 0 aliphatic carbocycles. The zero-order chi connectivity index (χ0) is 35.3. The maximum Gasteiger partial charge on any atom is 0.430 e. The largest absolute Gasteiger partial charge is 0.474 e. The van der Waals surface area contributed by atoms with Crippen LogP contribution in [0.4, 0.5) is 41.2 Å². The third-order valence-corrected chi connectivity index (χ3v) is 5.75. The molecular formula is C30H35F7N4O5. The van der Waals surface area contributed by atoms with Gasteiger partial charge in [0.25, 0.3) is 17.4 Å². The molecule has 3 aromatic rings. The number of benzene rings is 1. The molecule has 2 aromatic heterocycles. The van der Waals surface area contributed by atoms with E-state index in [9.17, 15) is 40.6 Å². The topological polar surface area (TPSA) is 120 Å². The molecular weight excluding hydrogens is 629 g/mol. The zero-order valence-corrected chi connectivity index (χ0v) is 26.3. The van der Waals surface area contributed by atoms with Crippen LogP contribution in [0, 0.1) is 5.82 Å². The highest BCUT2D eigenvalue weighted by atomic mass is 19.4. The maximum absolute atomic E-state index is 14.8. The van der Waals surface area contributed by atoms with E-state index in [0.29, 0.717) is 18.2 Å². The Hall–Kier alpha value is -4.21. The molecule has 3 heterocycles. The smallest absolute Gasteiger partial charge is 0.430 e. The molecule has 254 valence electrons. The Morgan fingerprint density at radius 2 is 1.67 bits per heavy atom. The summed E-state index contributed by atoms with van der Waals surface area (Å²) in [6, 6.07) is 2.93. The predicted molar refractivity (Wildman–Crippen MR) is 154 cm³/mol. The van der Waals surface area contributed by atoms with Crippen LogP contribution in [0.1, 0.15) is 84.4 Å². The lowest BCUT2D eigenvalue weighted by atomic mass is 9.90. The summed E-state index contributed by atoms with van der Waals surface area (Å²) in [5.74, 6) is -5.01. The fourth-order valence-electron chi connectivity index (χ4n) is 3.87. The molecule has 0 fully saturated rings. The van der Waals surface area contributed by atoms with Crippen LogP contribution in [-0.4, -0.2) is 44.3 Å². The molecule has 16 heteroatoms. The minimum Gasteiger partial charge on any atom is -0.474 e. The molecule has 2 N–H and O–H groups in total. The van der Waals surface area contributed by atoms with Gasteiger partial charge in [-0.1, -0.05) is 45.9 Å². The second-order valence-electron chi connectivity index (χ2n) is 10.3. The van der Waals surface area contributed by atoms with Crippen LogP contribution < -0.4 is 10.1 Å². The number of alkyl halides is 6. The van der Waals surface area contributed by atoms with E-state index < -0.39 is 81.7 Å². The number of pyridine rings is 1. The minimum atomic E-state index is -5.62. The Labute approximate surface area is 260 Å². The van der Waals surface area contributed by atoms with Gasteiger partial charge in [-0.25, -0.2) is 14.2 Å². The van der Waals surface area contributed by atoms with Crippen molar-refractivity contribution in [3.8, 4) is 17.5 Å². The summed E-state index contributed by atoms with van der Waals surface area (Å²) in [5, 5.41) is 19.6. The number of halogens is 7. The molecule has 0 saturated heterocycles. The Kier molecular flexibility index (Phi) is 12.0. The number of ether oxygens (including phenoxy) is 2. The average Bonchev–Trinajstić information content (AvgIpc) is 3.44. The van der Waals surface area contributed by atoms with E-state index in [-0.39, 0.29) is 12.0 Å². The first-order valence-electron chi connectivity index (χ1n) is 14.2. The Morgan fingerprint density at radius 3 is 2.24 bits per heavy atom. The number of nitrogens with zero attached hydrogens (tertiary/aromatic N) is 3.